The molecular weight excluding hydrogens is 543 g/mol. The molecule has 1 aliphatic rings. The number of pyridine rings is 1. The molecular formula is C29H32F3N3O4S. The summed E-state index contributed by atoms with van der Waals surface area (Å²) in [5.41, 5.74) is 0.837. The lowest BCUT2D eigenvalue weighted by atomic mass is 9.75. The second-order valence-corrected chi connectivity index (χ2v) is 11.1. The summed E-state index contributed by atoms with van der Waals surface area (Å²) in [6.45, 7) is 3.27. The lowest BCUT2D eigenvalue weighted by Crippen LogP contribution is -2.49. The number of aromatic nitrogens is 1. The summed E-state index contributed by atoms with van der Waals surface area (Å²) in [5, 5.41) is 23.4. The molecule has 1 aromatic heterocycles. The topological polar surface area (TPSA) is 95.2 Å². The molecule has 2 aromatic carbocycles. The average Bonchev–Trinajstić information content (AvgIpc) is 2.94. The van der Waals surface area contributed by atoms with Crippen LogP contribution < -0.4 is 4.74 Å². The third-order valence-electron chi connectivity index (χ3n) is 7.72. The normalized spacial score (nSPS) is 20.1. The maximum atomic E-state index is 15.0. The predicted molar refractivity (Wildman–Crippen MR) is 148 cm³/mol. The van der Waals surface area contributed by atoms with Gasteiger partial charge in [0.25, 0.3) is 0 Å². The van der Waals surface area contributed by atoms with Crippen LogP contribution in [-0.4, -0.2) is 63.9 Å². The van der Waals surface area contributed by atoms with Gasteiger partial charge in [-0.15, -0.1) is 11.8 Å². The lowest BCUT2D eigenvalue weighted by Gasteiger charge is -2.44. The third kappa shape index (κ3) is 6.87. The predicted octanol–water partition coefficient (Wildman–Crippen LogP) is 6.21. The van der Waals surface area contributed by atoms with Gasteiger partial charge < -0.3 is 15.1 Å². The SMILES string of the molecule is COc1ccc2ncc(F)c(C(CCC3CCN(CCSc4cc(F)ccc4F)C(C)C3CC(=O)O)=NO)c2c1. The van der Waals surface area contributed by atoms with E-state index in [-0.39, 0.29) is 46.9 Å². The van der Waals surface area contributed by atoms with E-state index in [1.807, 2.05) is 6.92 Å². The molecule has 3 atom stereocenters. The first-order chi connectivity index (χ1) is 19.2. The largest absolute Gasteiger partial charge is 0.497 e. The third-order valence-corrected chi connectivity index (χ3v) is 8.73. The van der Waals surface area contributed by atoms with Crippen LogP contribution in [0.15, 0.2) is 52.6 Å². The number of hydrogen-bond acceptors (Lipinski definition) is 7. The van der Waals surface area contributed by atoms with Crippen molar-refractivity contribution in [2.45, 2.75) is 43.5 Å². The highest BCUT2D eigenvalue weighted by Gasteiger charge is 2.36. The van der Waals surface area contributed by atoms with Crippen molar-refractivity contribution in [3.05, 3.63) is 65.6 Å². The summed E-state index contributed by atoms with van der Waals surface area (Å²) in [4.78, 5) is 18.3. The van der Waals surface area contributed by atoms with Crippen LogP contribution in [-0.2, 0) is 4.79 Å². The Morgan fingerprint density at radius 1 is 1.20 bits per heavy atom. The second-order valence-electron chi connectivity index (χ2n) is 9.96. The van der Waals surface area contributed by atoms with E-state index < -0.39 is 23.4 Å². The maximum absolute atomic E-state index is 15.0. The molecule has 0 spiro atoms. The van der Waals surface area contributed by atoms with Crippen molar-refractivity contribution in [3.8, 4) is 5.75 Å². The number of halogens is 3. The van der Waals surface area contributed by atoms with E-state index in [9.17, 15) is 28.3 Å². The van der Waals surface area contributed by atoms with Crippen LogP contribution in [0.4, 0.5) is 13.2 Å². The fourth-order valence-electron chi connectivity index (χ4n) is 5.60. The Kier molecular flexibility index (Phi) is 9.91. The number of piperidine rings is 1. The van der Waals surface area contributed by atoms with Gasteiger partial charge in [-0.2, -0.15) is 0 Å². The number of aliphatic carboxylic acids is 1. The molecule has 4 rings (SSSR count). The zero-order valence-electron chi connectivity index (χ0n) is 22.3. The van der Waals surface area contributed by atoms with Crippen LogP contribution in [0.25, 0.3) is 10.9 Å². The summed E-state index contributed by atoms with van der Waals surface area (Å²) >= 11 is 1.23. The van der Waals surface area contributed by atoms with Crippen molar-refractivity contribution in [1.29, 1.82) is 0 Å². The number of nitrogens with zero attached hydrogens (tertiary/aromatic N) is 3. The van der Waals surface area contributed by atoms with E-state index in [0.29, 0.717) is 48.3 Å². The van der Waals surface area contributed by atoms with E-state index in [4.69, 9.17) is 4.74 Å². The van der Waals surface area contributed by atoms with Gasteiger partial charge in [0.15, 0.2) is 5.82 Å². The fourth-order valence-corrected chi connectivity index (χ4v) is 6.55. The van der Waals surface area contributed by atoms with Gasteiger partial charge in [0.1, 0.15) is 17.4 Å². The highest BCUT2D eigenvalue weighted by atomic mass is 32.2. The Balaban J connectivity index is 1.45. The molecule has 1 saturated heterocycles. The minimum absolute atomic E-state index is 0.00174. The molecule has 214 valence electrons. The quantitative estimate of drug-likeness (QED) is 0.121. The van der Waals surface area contributed by atoms with Gasteiger partial charge in [0.05, 0.1) is 24.5 Å². The molecule has 0 bridgehead atoms. The molecule has 1 aliphatic heterocycles. The Bertz CT molecular complexity index is 1390. The first kappa shape index (κ1) is 29.7. The van der Waals surface area contributed by atoms with Gasteiger partial charge in [0.2, 0.25) is 0 Å². The summed E-state index contributed by atoms with van der Waals surface area (Å²) in [7, 11) is 1.50. The summed E-state index contributed by atoms with van der Waals surface area (Å²) in [5.74, 6) is -1.66. The highest BCUT2D eigenvalue weighted by Crippen LogP contribution is 2.36. The molecule has 1 fully saturated rings. The number of carbonyl (C=O) groups is 1. The number of likely N-dealkylation sites (tertiary alicyclic amines) is 1. The zero-order valence-corrected chi connectivity index (χ0v) is 23.1. The maximum Gasteiger partial charge on any atom is 0.303 e. The fraction of sp³-hybridized carbons (Fsp3) is 0.414. The van der Waals surface area contributed by atoms with Crippen LogP contribution >= 0.6 is 11.8 Å². The van der Waals surface area contributed by atoms with E-state index >= 15 is 0 Å². The number of rotatable bonds is 11. The molecule has 3 unspecified atom stereocenters. The number of carboxylic acid groups (broad SMARTS) is 1. The van der Waals surface area contributed by atoms with Crippen LogP contribution in [0, 0.1) is 29.3 Å². The van der Waals surface area contributed by atoms with Crippen molar-refractivity contribution in [1.82, 2.24) is 9.88 Å². The first-order valence-corrected chi connectivity index (χ1v) is 14.1. The summed E-state index contributed by atoms with van der Waals surface area (Å²) in [6.07, 6.45) is 2.51. The van der Waals surface area contributed by atoms with Gasteiger partial charge in [-0.1, -0.05) is 5.16 Å². The molecule has 2 N–H and O–H groups in total. The number of hydrogen-bond donors (Lipinski definition) is 2. The Labute approximate surface area is 235 Å². The van der Waals surface area contributed by atoms with Crippen molar-refractivity contribution >= 4 is 34.3 Å². The molecule has 40 heavy (non-hydrogen) atoms. The van der Waals surface area contributed by atoms with Crippen molar-refractivity contribution < 1.29 is 33.0 Å². The van der Waals surface area contributed by atoms with Crippen LogP contribution in [0.2, 0.25) is 0 Å². The van der Waals surface area contributed by atoms with Gasteiger partial charge in [-0.05, 0) is 81.0 Å². The van der Waals surface area contributed by atoms with E-state index in [2.05, 4.69) is 15.0 Å². The molecule has 0 aliphatic carbocycles. The van der Waals surface area contributed by atoms with Gasteiger partial charge in [-0.25, -0.2) is 13.2 Å². The van der Waals surface area contributed by atoms with E-state index in [0.717, 1.165) is 18.3 Å². The van der Waals surface area contributed by atoms with Crippen molar-refractivity contribution in [2.24, 2.45) is 17.0 Å². The smallest absolute Gasteiger partial charge is 0.303 e. The van der Waals surface area contributed by atoms with Crippen LogP contribution in [0.5, 0.6) is 5.75 Å². The molecule has 0 amide bonds. The van der Waals surface area contributed by atoms with E-state index in [1.165, 1.54) is 24.9 Å². The average molecular weight is 576 g/mol. The number of thioether (sulfide) groups is 1. The lowest BCUT2D eigenvalue weighted by molar-refractivity contribution is -0.140. The Morgan fingerprint density at radius 2 is 2.00 bits per heavy atom. The molecule has 0 radical (unpaired) electrons. The Morgan fingerprint density at radius 3 is 2.73 bits per heavy atom. The minimum atomic E-state index is -0.908. The Hall–Kier alpha value is -3.31. The number of carboxylic acids is 1. The van der Waals surface area contributed by atoms with Crippen molar-refractivity contribution in [3.63, 3.8) is 0 Å². The van der Waals surface area contributed by atoms with Crippen molar-refractivity contribution in [2.75, 3.05) is 26.0 Å². The van der Waals surface area contributed by atoms with Gasteiger partial charge >= 0.3 is 5.97 Å². The molecule has 2 heterocycles. The van der Waals surface area contributed by atoms with Gasteiger partial charge in [0, 0.05) is 40.6 Å². The van der Waals surface area contributed by atoms with Crippen LogP contribution in [0.1, 0.15) is 38.2 Å². The number of benzene rings is 2. The second kappa shape index (κ2) is 13.4. The zero-order chi connectivity index (χ0) is 28.8. The number of methoxy groups -OCH3 is 1. The summed E-state index contributed by atoms with van der Waals surface area (Å²) < 4.78 is 47.8. The number of ether oxygens (including phenoxy) is 1. The molecule has 7 nitrogen and oxygen atoms in total. The number of oxime groups is 1. The standard InChI is InChI=1S/C29H32F3N3O4S/c1-17-21(15-28(36)37)18(9-10-35(17)11-12-40-27-13-19(30)4-6-23(27)31)3-7-26(34-38)29-22-14-20(39-2)5-8-25(22)33-16-24(29)32/h4-6,8,13-14,16-18,21,38H,3,7,9-12,15H2,1-2H3,(H,36,37). The molecule has 11 heteroatoms. The van der Waals surface area contributed by atoms with Crippen LogP contribution in [0.3, 0.4) is 0 Å². The van der Waals surface area contributed by atoms with E-state index in [1.54, 1.807) is 18.2 Å². The monoisotopic (exact) mass is 575 g/mol. The molecule has 3 aromatic rings. The minimum Gasteiger partial charge on any atom is -0.497 e. The summed E-state index contributed by atoms with van der Waals surface area (Å²) in [6, 6.07) is 8.35. The molecule has 0 saturated carbocycles. The number of fused-ring (bicyclic) bond motifs is 1. The highest BCUT2D eigenvalue weighted by molar-refractivity contribution is 7.99. The first-order valence-electron chi connectivity index (χ1n) is 13.1. The van der Waals surface area contributed by atoms with Gasteiger partial charge in [-0.3, -0.25) is 14.7 Å².